The molecule has 4 saturated carbocycles. The van der Waals surface area contributed by atoms with E-state index in [1.54, 1.807) is 98.4 Å². The molecule has 8 bridgehead atoms. The van der Waals surface area contributed by atoms with Crippen LogP contribution >= 0.6 is 46.4 Å². The van der Waals surface area contributed by atoms with E-state index in [-0.39, 0.29) is 100 Å². The van der Waals surface area contributed by atoms with Crippen molar-refractivity contribution in [1.29, 1.82) is 0 Å². The van der Waals surface area contributed by atoms with Crippen molar-refractivity contribution in [3.63, 3.8) is 0 Å². The maximum atomic E-state index is 14.8. The first-order valence-corrected chi connectivity index (χ1v) is 43.8. The molecule has 33 heteroatoms. The molecule has 4 aliphatic carbocycles. The Bertz CT molecular complexity index is 5930. The van der Waals surface area contributed by atoms with Crippen molar-refractivity contribution in [1.82, 2.24) is 94.4 Å². The number of aromatic nitrogens is 15. The van der Waals surface area contributed by atoms with E-state index in [1.807, 2.05) is 115 Å². The summed E-state index contributed by atoms with van der Waals surface area (Å²) in [6.07, 6.45) is 33.5. The van der Waals surface area contributed by atoms with Crippen LogP contribution in [-0.4, -0.2) is 193 Å². The Morgan fingerprint density at radius 3 is 1.11 bits per heavy atom. The summed E-state index contributed by atoms with van der Waals surface area (Å²) in [7, 11) is 0. The van der Waals surface area contributed by atoms with Gasteiger partial charge in [-0.2, -0.15) is 25.2 Å². The first kappa shape index (κ1) is 85.1. The Hall–Kier alpha value is -12.1. The molecule has 12 fully saturated rings. The number of pyridine rings is 5. The molecule has 4 amide bonds. The van der Waals surface area contributed by atoms with Crippen LogP contribution in [-0.2, 0) is 0 Å². The second-order valence-corrected chi connectivity index (χ2v) is 35.3. The molecule has 12 unspecified atom stereocenters. The fraction of sp³-hybridized carbons (Fsp3) is 0.359. The molecular weight excluding hydrogens is 1670 g/mol. The third kappa shape index (κ3) is 18.6. The SMILES string of the molecule is Cc1cnc(NC2CC3CCC2N(C(=O)c2cccc(F)c2-c2ncccn2)C3)c(Cl)c1.Cc1cnc(NC2CC3CCC2N(C(=O)c2cccc(F)c2-n2nccn2)C3)c(Cl)c1.Cc1cnc(NC2CC3CCC2N(C(=O)c2ccccc2-n2nccn2)C3)c(Cl)c1.Cc1cnc(NC2CC3CCC2N(C(=O)c2ncc(C)cc2-c2ncccn2)C3)c(Cl)c1. The van der Waals surface area contributed by atoms with Crippen LogP contribution < -0.4 is 21.3 Å². The van der Waals surface area contributed by atoms with Crippen molar-refractivity contribution in [2.45, 2.75) is 160 Å². The van der Waals surface area contributed by atoms with Crippen molar-refractivity contribution in [2.75, 3.05) is 47.4 Å². The number of carbonyl (C=O) groups is 4. The molecule has 8 aliphatic heterocycles. The van der Waals surface area contributed by atoms with Gasteiger partial charge >= 0.3 is 0 Å². The second kappa shape index (κ2) is 37.4. The lowest BCUT2D eigenvalue weighted by Gasteiger charge is -2.50. The van der Waals surface area contributed by atoms with Crippen LogP contribution in [0.3, 0.4) is 0 Å². The number of benzene rings is 3. The highest BCUT2D eigenvalue weighted by Gasteiger charge is 2.49. The summed E-state index contributed by atoms with van der Waals surface area (Å²) < 4.78 is 29.5. The fourth-order valence-corrected chi connectivity index (χ4v) is 20.4. The van der Waals surface area contributed by atoms with E-state index in [2.05, 4.69) is 86.5 Å². The molecule has 12 atom stereocenters. The van der Waals surface area contributed by atoms with Gasteiger partial charge in [0.1, 0.15) is 40.5 Å². The number of para-hydroxylation sites is 2. The fourth-order valence-electron chi connectivity index (χ4n) is 19.3. The number of nitrogens with one attached hydrogen (secondary N) is 4. The number of piperidine rings is 8. The summed E-state index contributed by atoms with van der Waals surface area (Å²) in [6.45, 7) is 12.6. The summed E-state index contributed by atoms with van der Waals surface area (Å²) in [5.41, 5.74) is 8.14. The molecule has 3 aromatic carbocycles. The predicted octanol–water partition coefficient (Wildman–Crippen LogP) is 16.7. The molecule has 24 rings (SSSR count). The van der Waals surface area contributed by atoms with Gasteiger partial charge in [0.05, 0.1) is 103 Å². The summed E-state index contributed by atoms with van der Waals surface area (Å²) in [5, 5.41) is 32.8. The predicted molar refractivity (Wildman–Crippen MR) is 474 cm³/mol. The minimum Gasteiger partial charge on any atom is -0.364 e. The van der Waals surface area contributed by atoms with Gasteiger partial charge in [0.15, 0.2) is 17.5 Å². The number of amides is 4. The number of rotatable bonds is 16. The number of hydrogen-bond acceptors (Lipinski definition) is 21. The van der Waals surface area contributed by atoms with Crippen LogP contribution in [0.2, 0.25) is 20.1 Å². The minimum absolute atomic E-state index is 0.0204. The van der Waals surface area contributed by atoms with Gasteiger partial charge in [-0.3, -0.25) is 24.2 Å². The molecule has 4 N–H and O–H groups in total. The molecule has 27 nitrogen and oxygen atoms in total. The van der Waals surface area contributed by atoms with Crippen LogP contribution in [0.15, 0.2) is 184 Å². The Kier molecular flexibility index (Phi) is 25.5. The second-order valence-electron chi connectivity index (χ2n) is 33.7. The van der Waals surface area contributed by atoms with Crippen molar-refractivity contribution >= 4 is 93.3 Å². The maximum absolute atomic E-state index is 14.8. The number of anilines is 4. The molecule has 9 aromatic heterocycles. The highest BCUT2D eigenvalue weighted by Crippen LogP contribution is 2.45. The molecule has 0 radical (unpaired) electrons. The van der Waals surface area contributed by atoms with E-state index < -0.39 is 11.6 Å². The number of halogens is 6. The van der Waals surface area contributed by atoms with Gasteiger partial charge in [0, 0.05) is 106 Å². The summed E-state index contributed by atoms with van der Waals surface area (Å²) in [5.74, 6) is 3.49. The van der Waals surface area contributed by atoms with Crippen LogP contribution in [0.5, 0.6) is 0 Å². The van der Waals surface area contributed by atoms with E-state index in [4.69, 9.17) is 46.4 Å². The largest absolute Gasteiger partial charge is 0.364 e. The third-order valence-electron chi connectivity index (χ3n) is 25.0. The van der Waals surface area contributed by atoms with Gasteiger partial charge in [-0.05, 0) is 242 Å². The first-order valence-electron chi connectivity index (χ1n) is 42.3. The van der Waals surface area contributed by atoms with Crippen molar-refractivity contribution in [2.24, 2.45) is 23.7 Å². The number of fused-ring (bicyclic) bond motifs is 12. The molecular formula is C92H93Cl4F2N23O4. The quantitative estimate of drug-likeness (QED) is 0.0698. The van der Waals surface area contributed by atoms with E-state index in [1.165, 1.54) is 29.3 Å². The van der Waals surface area contributed by atoms with Crippen LogP contribution in [0.1, 0.15) is 146 Å². The maximum Gasteiger partial charge on any atom is 0.273 e. The average Bonchev–Trinajstić information content (AvgIpc) is 1.64. The summed E-state index contributed by atoms with van der Waals surface area (Å²) in [6, 6.07) is 29.8. The standard InChI is InChI=1S/C24H23ClFN5O.C24H25ClN6O.C22H22ClFN6O.C22H23ClN6O/c1-14-10-17(25)22(29-12-14)30-19-11-15-6-7-20(19)31(13-15)24(32)16-4-2-5-18(26)21(16)23-27-8-3-9-28-23;1-14-8-17(22-26-6-3-7-27-22)21(28-11-14)24(32)31-13-16-4-5-20(31)19(10-16)30-23-18(25)9-15(2)12-29-23;1-13-9-16(23)21(25-11-13)28-18-10-14-5-6-19(18)29(12-14)22(31)15-3-2-4-17(24)20(15)30-26-7-8-27-30;1-14-10-17(23)21(24-12-14)27-18-11-15-6-7-20(18)28(13-15)22(30)16-4-2-3-5-19(16)29-25-8-9-26-29/h2-5,8-10,12,15,19-20H,6-7,11,13H2,1H3,(H,29,30);3,6-9,11-12,16,19-20H,4-5,10,13H2,1-2H3,(H,29,30);2-4,7-9,11,14,18-19H,5-6,10,12H2,1H3,(H,25,28);2-5,8-10,12,15,18,20H,6-7,11,13H2,1H3,(H,24,27). The third-order valence-corrected chi connectivity index (χ3v) is 26.2. The first-order chi connectivity index (χ1) is 60.6. The van der Waals surface area contributed by atoms with Gasteiger partial charge in [0.2, 0.25) is 0 Å². The molecule has 0 spiro atoms. The Balaban J connectivity index is 0.000000118. The minimum atomic E-state index is -0.533. The smallest absolute Gasteiger partial charge is 0.273 e. The molecule has 12 aromatic rings. The van der Waals surface area contributed by atoms with Gasteiger partial charge in [0.25, 0.3) is 23.6 Å². The number of aryl methyl sites for hydroxylation is 5. The lowest BCUT2D eigenvalue weighted by atomic mass is 9.76. The molecule has 12 aliphatic rings. The normalized spacial score (nSPS) is 22.4. The highest BCUT2D eigenvalue weighted by atomic mass is 35.5. The van der Waals surface area contributed by atoms with E-state index in [9.17, 15) is 28.0 Å². The monoisotopic (exact) mass is 1760 g/mol. The number of carbonyl (C=O) groups excluding carboxylic acids is 4. The molecule has 17 heterocycles. The van der Waals surface area contributed by atoms with Gasteiger partial charge < -0.3 is 40.9 Å². The van der Waals surface area contributed by atoms with Crippen LogP contribution in [0.4, 0.5) is 32.1 Å². The topological polar surface area (TPSA) is 307 Å². The van der Waals surface area contributed by atoms with Crippen LogP contribution in [0.25, 0.3) is 34.2 Å². The van der Waals surface area contributed by atoms with Crippen LogP contribution in [0, 0.1) is 69.9 Å². The van der Waals surface area contributed by atoms with Gasteiger partial charge in [-0.15, -0.1) is 4.80 Å². The number of hydrogen-bond donors (Lipinski definition) is 4. The van der Waals surface area contributed by atoms with Crippen molar-refractivity contribution in [3.05, 3.63) is 266 Å². The van der Waals surface area contributed by atoms with Gasteiger partial charge in [-0.25, -0.2) is 48.7 Å². The Labute approximate surface area is 742 Å². The van der Waals surface area contributed by atoms with Crippen molar-refractivity contribution < 1.29 is 28.0 Å². The summed E-state index contributed by atoms with van der Waals surface area (Å²) in [4.78, 5) is 104. The van der Waals surface area contributed by atoms with E-state index in [0.717, 1.165) is 123 Å². The lowest BCUT2D eigenvalue weighted by molar-refractivity contribution is 0.0274. The zero-order valence-corrected chi connectivity index (χ0v) is 72.5. The lowest BCUT2D eigenvalue weighted by Crippen LogP contribution is -2.60. The van der Waals surface area contributed by atoms with Crippen molar-refractivity contribution in [3.8, 4) is 34.2 Å². The van der Waals surface area contributed by atoms with E-state index in [0.29, 0.717) is 108 Å². The Morgan fingerprint density at radius 1 is 0.352 bits per heavy atom. The summed E-state index contributed by atoms with van der Waals surface area (Å²) >= 11 is 25.6. The molecule has 8 saturated heterocycles. The van der Waals surface area contributed by atoms with Gasteiger partial charge in [-0.1, -0.05) is 70.7 Å². The average molecular weight is 1760 g/mol. The Morgan fingerprint density at radius 2 is 0.696 bits per heavy atom. The molecule has 125 heavy (non-hydrogen) atoms. The number of nitrogens with zero attached hydrogens (tertiary/aromatic N) is 19. The zero-order valence-electron chi connectivity index (χ0n) is 69.5. The molecule has 642 valence electrons. The van der Waals surface area contributed by atoms with E-state index >= 15 is 0 Å². The zero-order chi connectivity index (χ0) is 86.7. The highest BCUT2D eigenvalue weighted by molar-refractivity contribution is 6.34.